The number of hydrogen-bond donors (Lipinski definition) is 1. The molecule has 0 unspecified atom stereocenters. The molecule has 8 heteroatoms. The number of sulfonamides is 1. The number of benzene rings is 2. The van der Waals surface area contributed by atoms with E-state index in [2.05, 4.69) is 5.32 Å². The number of rotatable bonds is 6. The number of piperidine rings is 1. The van der Waals surface area contributed by atoms with Crippen molar-refractivity contribution < 1.29 is 22.3 Å². The highest BCUT2D eigenvalue weighted by Crippen LogP contribution is 2.31. The Labute approximate surface area is 177 Å². The molecule has 2 aromatic carbocycles. The number of hydrogen-bond acceptors (Lipinski definition) is 4. The van der Waals surface area contributed by atoms with Crippen LogP contribution in [0.2, 0.25) is 0 Å². The molecule has 1 N–H and O–H groups in total. The van der Waals surface area contributed by atoms with Gasteiger partial charge in [-0.15, -0.1) is 0 Å². The second-order valence-electron chi connectivity index (χ2n) is 7.43. The molecule has 2 aromatic rings. The number of nitrogens with one attached hydrogen (secondary N) is 1. The minimum Gasteiger partial charge on any atom is -0.495 e. The van der Waals surface area contributed by atoms with Crippen molar-refractivity contribution in [3.8, 4) is 5.75 Å². The highest BCUT2D eigenvalue weighted by Gasteiger charge is 2.34. The van der Waals surface area contributed by atoms with E-state index in [1.54, 1.807) is 0 Å². The zero-order valence-corrected chi connectivity index (χ0v) is 18.3. The summed E-state index contributed by atoms with van der Waals surface area (Å²) < 4.78 is 46.0. The first-order chi connectivity index (χ1) is 14.3. The van der Waals surface area contributed by atoms with E-state index in [1.165, 1.54) is 17.5 Å². The van der Waals surface area contributed by atoms with Crippen molar-refractivity contribution in [2.75, 3.05) is 25.5 Å². The Morgan fingerprint density at radius 1 is 1.23 bits per heavy atom. The molecule has 0 atom stereocenters. The van der Waals surface area contributed by atoms with Crippen LogP contribution in [0.1, 0.15) is 30.9 Å². The van der Waals surface area contributed by atoms with Crippen molar-refractivity contribution in [2.45, 2.75) is 38.0 Å². The summed E-state index contributed by atoms with van der Waals surface area (Å²) >= 11 is 0. The van der Waals surface area contributed by atoms with Crippen LogP contribution in [0.5, 0.6) is 5.75 Å². The van der Waals surface area contributed by atoms with Gasteiger partial charge in [0.15, 0.2) is 0 Å². The Kier molecular flexibility index (Phi) is 6.77. The molecule has 6 nitrogen and oxygen atoms in total. The number of halogens is 1. The number of para-hydroxylation sites is 1. The Hall–Kier alpha value is -2.45. The zero-order valence-electron chi connectivity index (χ0n) is 17.4. The van der Waals surface area contributed by atoms with E-state index in [9.17, 15) is 17.6 Å². The Morgan fingerprint density at radius 3 is 2.57 bits per heavy atom. The van der Waals surface area contributed by atoms with Crippen LogP contribution in [0, 0.1) is 18.7 Å². The fourth-order valence-electron chi connectivity index (χ4n) is 3.78. The number of methoxy groups -OCH3 is 1. The second kappa shape index (κ2) is 9.14. The van der Waals surface area contributed by atoms with E-state index in [0.717, 1.165) is 35.4 Å². The van der Waals surface area contributed by atoms with Crippen LogP contribution in [0.4, 0.5) is 10.1 Å². The van der Waals surface area contributed by atoms with Crippen molar-refractivity contribution in [2.24, 2.45) is 5.92 Å². The smallest absolute Gasteiger partial charge is 0.246 e. The number of carbonyl (C=O) groups is 1. The maximum absolute atomic E-state index is 13.7. The third-order valence-electron chi connectivity index (χ3n) is 5.56. The van der Waals surface area contributed by atoms with Crippen LogP contribution < -0.4 is 10.1 Å². The summed E-state index contributed by atoms with van der Waals surface area (Å²) in [6.45, 7) is 4.37. The van der Waals surface area contributed by atoms with Crippen molar-refractivity contribution in [3.63, 3.8) is 0 Å². The molecule has 30 heavy (non-hydrogen) atoms. The molecule has 0 saturated carbocycles. The molecule has 0 bridgehead atoms. The van der Waals surface area contributed by atoms with Crippen LogP contribution in [-0.4, -0.2) is 38.8 Å². The van der Waals surface area contributed by atoms with Crippen molar-refractivity contribution >= 4 is 21.6 Å². The topological polar surface area (TPSA) is 75.7 Å². The normalized spacial score (nSPS) is 15.7. The molecular weight excluding hydrogens is 407 g/mol. The lowest BCUT2D eigenvalue weighted by atomic mass is 9.96. The van der Waals surface area contributed by atoms with Gasteiger partial charge < -0.3 is 10.1 Å². The zero-order chi connectivity index (χ0) is 21.9. The van der Waals surface area contributed by atoms with Gasteiger partial charge in [-0.05, 0) is 55.5 Å². The fraction of sp³-hybridized carbons (Fsp3) is 0.409. The van der Waals surface area contributed by atoms with Gasteiger partial charge in [0.25, 0.3) is 0 Å². The molecule has 1 aliphatic rings. The van der Waals surface area contributed by atoms with Crippen molar-refractivity contribution in [3.05, 3.63) is 53.3 Å². The molecular formula is C22H27FN2O4S. The van der Waals surface area contributed by atoms with E-state index in [4.69, 9.17) is 4.74 Å². The number of anilines is 1. The van der Waals surface area contributed by atoms with Crippen LogP contribution in [0.15, 0.2) is 41.3 Å². The average Bonchev–Trinajstić information content (AvgIpc) is 2.75. The maximum Gasteiger partial charge on any atom is 0.246 e. The summed E-state index contributed by atoms with van der Waals surface area (Å²) in [4.78, 5) is 12.6. The Balaban J connectivity index is 1.70. The van der Waals surface area contributed by atoms with E-state index in [0.29, 0.717) is 12.8 Å². The lowest BCUT2D eigenvalue weighted by molar-refractivity contribution is -0.120. The first-order valence-electron chi connectivity index (χ1n) is 10.0. The van der Waals surface area contributed by atoms with Crippen molar-refractivity contribution in [1.82, 2.24) is 4.31 Å². The van der Waals surface area contributed by atoms with Crippen LogP contribution in [0.3, 0.4) is 0 Å². The molecule has 1 aliphatic heterocycles. The minimum absolute atomic E-state index is 0.0978. The lowest BCUT2D eigenvalue weighted by Crippen LogP contribution is -2.41. The van der Waals surface area contributed by atoms with E-state index in [1.807, 2.05) is 32.0 Å². The monoisotopic (exact) mass is 434 g/mol. The molecule has 0 radical (unpaired) electrons. The Morgan fingerprint density at radius 2 is 1.93 bits per heavy atom. The van der Waals surface area contributed by atoms with Gasteiger partial charge in [-0.2, -0.15) is 4.31 Å². The highest BCUT2D eigenvalue weighted by atomic mass is 32.2. The first kappa shape index (κ1) is 22.2. The van der Waals surface area contributed by atoms with Crippen LogP contribution >= 0.6 is 0 Å². The molecule has 3 rings (SSSR count). The van der Waals surface area contributed by atoms with Gasteiger partial charge in [0, 0.05) is 24.7 Å². The molecule has 1 saturated heterocycles. The van der Waals surface area contributed by atoms with Gasteiger partial charge in [0.2, 0.25) is 15.9 Å². The van der Waals surface area contributed by atoms with Gasteiger partial charge in [-0.1, -0.05) is 25.1 Å². The van der Waals surface area contributed by atoms with E-state index >= 15 is 0 Å². The van der Waals surface area contributed by atoms with Gasteiger partial charge >= 0.3 is 0 Å². The predicted molar refractivity (Wildman–Crippen MR) is 114 cm³/mol. The Bertz CT molecular complexity index is 1030. The third-order valence-corrected chi connectivity index (χ3v) is 7.48. The molecule has 0 spiro atoms. The first-order valence-corrected chi connectivity index (χ1v) is 11.4. The third kappa shape index (κ3) is 4.49. The molecule has 1 fully saturated rings. The maximum atomic E-state index is 13.7. The number of ether oxygens (including phenoxy) is 1. The standard InChI is InChI=1S/C22H27FN2O4S/c1-4-16-7-5-6-15(2)21(16)24-22(26)17-10-12-25(13-11-17)30(27,28)20-14-18(23)8-9-19(20)29-3/h5-9,14,17H,4,10-13H2,1-3H3,(H,24,26). The SMILES string of the molecule is CCc1cccc(C)c1NC(=O)C1CCN(S(=O)(=O)c2cc(F)ccc2OC)CC1. The van der Waals surface area contributed by atoms with Gasteiger partial charge in [-0.25, -0.2) is 12.8 Å². The molecule has 0 aliphatic carbocycles. The summed E-state index contributed by atoms with van der Waals surface area (Å²) in [5, 5.41) is 3.03. The van der Waals surface area contributed by atoms with E-state index in [-0.39, 0.29) is 35.6 Å². The van der Waals surface area contributed by atoms with Gasteiger partial charge in [0.1, 0.15) is 16.5 Å². The lowest BCUT2D eigenvalue weighted by Gasteiger charge is -2.31. The summed E-state index contributed by atoms with van der Waals surface area (Å²) in [7, 11) is -2.57. The van der Waals surface area contributed by atoms with Crippen LogP contribution in [0.25, 0.3) is 0 Å². The largest absolute Gasteiger partial charge is 0.495 e. The summed E-state index contributed by atoms with van der Waals surface area (Å²) in [5.41, 5.74) is 2.91. The molecule has 1 heterocycles. The highest BCUT2D eigenvalue weighted by molar-refractivity contribution is 7.89. The number of amides is 1. The number of aryl methyl sites for hydroxylation is 2. The van der Waals surface area contributed by atoms with E-state index < -0.39 is 15.8 Å². The fourth-order valence-corrected chi connectivity index (χ4v) is 5.41. The predicted octanol–water partition coefficient (Wildman–Crippen LogP) is 3.74. The average molecular weight is 435 g/mol. The quantitative estimate of drug-likeness (QED) is 0.751. The molecule has 162 valence electrons. The van der Waals surface area contributed by atoms with Crippen LogP contribution in [-0.2, 0) is 21.2 Å². The summed E-state index contributed by atoms with van der Waals surface area (Å²) in [5.74, 6) is -0.925. The summed E-state index contributed by atoms with van der Waals surface area (Å²) in [6.07, 6.45) is 1.61. The molecule has 0 aromatic heterocycles. The van der Waals surface area contributed by atoms with Gasteiger partial charge in [-0.3, -0.25) is 4.79 Å². The van der Waals surface area contributed by atoms with Gasteiger partial charge in [0.05, 0.1) is 7.11 Å². The summed E-state index contributed by atoms with van der Waals surface area (Å²) in [6, 6.07) is 9.34. The number of carbonyl (C=O) groups excluding carboxylic acids is 1. The van der Waals surface area contributed by atoms with Crippen molar-refractivity contribution in [1.29, 1.82) is 0 Å². The number of nitrogens with zero attached hydrogens (tertiary/aromatic N) is 1. The molecule has 1 amide bonds. The second-order valence-corrected chi connectivity index (χ2v) is 9.33. The minimum atomic E-state index is -3.92.